The van der Waals surface area contributed by atoms with Crippen molar-refractivity contribution >= 4 is 82.0 Å². The minimum Gasteiger partial charge on any atom is -0.497 e. The molecule has 0 aliphatic carbocycles. The summed E-state index contributed by atoms with van der Waals surface area (Å²) in [4.78, 5) is 0. The molecule has 0 saturated heterocycles. The van der Waals surface area contributed by atoms with E-state index in [4.69, 9.17) is 13.6 Å². The molecule has 0 amide bonds. The second-order valence-corrected chi connectivity index (χ2v) is 9.28. The van der Waals surface area contributed by atoms with Gasteiger partial charge in [-0.15, -0.1) is 0 Å². The number of aromatic nitrogens is 1. The van der Waals surface area contributed by atoms with Crippen LogP contribution in [0.1, 0.15) is 0 Å². The number of hydrogen-bond acceptors (Lipinski definition) is 3. The molecule has 0 radical (unpaired) electrons. The minimum absolute atomic E-state index is 0.841. The first-order valence-electron chi connectivity index (χ1n) is 11.7. The van der Waals surface area contributed by atoms with Crippen molar-refractivity contribution in [3.8, 4) is 5.75 Å². The zero-order chi connectivity index (χ0) is 22.8. The molecule has 4 aromatic heterocycles. The van der Waals surface area contributed by atoms with Crippen molar-refractivity contribution < 1.29 is 13.6 Å². The van der Waals surface area contributed by atoms with Gasteiger partial charge in [0, 0.05) is 43.1 Å². The van der Waals surface area contributed by atoms with Crippen LogP contribution in [0.25, 0.3) is 82.0 Å². The summed E-state index contributed by atoms with van der Waals surface area (Å²) < 4.78 is 21.1. The van der Waals surface area contributed by atoms with Gasteiger partial charge in [0.1, 0.15) is 16.9 Å². The van der Waals surface area contributed by atoms with E-state index in [0.29, 0.717) is 0 Å². The Hall–Kier alpha value is -4.70. The van der Waals surface area contributed by atoms with Gasteiger partial charge in [0.15, 0.2) is 11.2 Å². The maximum Gasteiger partial charge on any atom is 0.160 e. The van der Waals surface area contributed by atoms with Gasteiger partial charge in [-0.25, -0.2) is 0 Å². The van der Waals surface area contributed by atoms with Gasteiger partial charge < -0.3 is 18.0 Å². The molecule has 0 fully saturated rings. The lowest BCUT2D eigenvalue weighted by molar-refractivity contribution is 0.416. The van der Waals surface area contributed by atoms with Crippen LogP contribution in [0.5, 0.6) is 5.75 Å². The molecule has 4 heteroatoms. The van der Waals surface area contributed by atoms with Gasteiger partial charge >= 0.3 is 0 Å². The van der Waals surface area contributed by atoms with Gasteiger partial charge in [0.2, 0.25) is 0 Å². The van der Waals surface area contributed by atoms with E-state index in [-0.39, 0.29) is 0 Å². The van der Waals surface area contributed by atoms with Crippen LogP contribution in [0.4, 0.5) is 0 Å². The Morgan fingerprint density at radius 2 is 1.00 bits per heavy atom. The molecule has 0 aliphatic heterocycles. The minimum atomic E-state index is 0.841. The van der Waals surface area contributed by atoms with Gasteiger partial charge in [-0.1, -0.05) is 48.5 Å². The van der Waals surface area contributed by atoms with E-state index in [2.05, 4.69) is 65.1 Å². The lowest BCUT2D eigenvalue weighted by Crippen LogP contribution is -1.82. The summed E-state index contributed by atoms with van der Waals surface area (Å²) in [5.41, 5.74) is 6.87. The predicted octanol–water partition coefficient (Wildman–Crippen LogP) is 8.64. The highest BCUT2D eigenvalue weighted by Gasteiger charge is 2.25. The number of nitrogens with zero attached hydrogens (tertiary/aromatic N) is 1. The summed E-state index contributed by atoms with van der Waals surface area (Å²) in [7, 11) is 1.73. The van der Waals surface area contributed by atoms with E-state index >= 15 is 0 Å². The van der Waals surface area contributed by atoms with E-state index in [0.717, 1.165) is 87.7 Å². The molecule has 0 aliphatic rings. The second-order valence-electron chi connectivity index (χ2n) is 9.28. The first-order valence-corrected chi connectivity index (χ1v) is 11.7. The topological polar surface area (TPSA) is 39.9 Å². The highest BCUT2D eigenvalue weighted by Crippen LogP contribution is 2.47. The maximum atomic E-state index is 6.52. The van der Waals surface area contributed by atoms with Crippen molar-refractivity contribution in [2.75, 3.05) is 7.11 Å². The van der Waals surface area contributed by atoms with Crippen molar-refractivity contribution in [1.29, 1.82) is 0 Å². The maximum absolute atomic E-state index is 6.52. The number of hydrogen-bond donors (Lipinski definition) is 0. The molecule has 9 rings (SSSR count). The fraction of sp³-hybridized carbons (Fsp3) is 0.0323. The summed E-state index contributed by atoms with van der Waals surface area (Å²) >= 11 is 0. The third-order valence-corrected chi connectivity index (χ3v) is 7.61. The predicted molar refractivity (Wildman–Crippen MR) is 142 cm³/mol. The number of para-hydroxylation sites is 2. The fourth-order valence-corrected chi connectivity index (χ4v) is 6.14. The van der Waals surface area contributed by atoms with Crippen LogP contribution in [-0.4, -0.2) is 11.5 Å². The number of benzene rings is 5. The number of furan rings is 2. The lowest BCUT2D eigenvalue weighted by Gasteiger charge is -2.02. The number of rotatable bonds is 1. The Morgan fingerprint density at radius 3 is 1.51 bits per heavy atom. The van der Waals surface area contributed by atoms with Crippen LogP contribution in [-0.2, 0) is 0 Å². The normalized spacial score (nSPS) is 12.7. The standard InChI is InChI=1S/C31H17NO3/c1-33-16-14-23-19-10-12-21-17-6-2-4-8-25(17)34-30(21)28(19)32-27(23)24(15-16)20-11-13-22-18-7-3-5-9-26(18)35-31(22)29(20)32/h2-15H,1H3. The molecule has 0 N–H and O–H groups in total. The lowest BCUT2D eigenvalue weighted by atomic mass is 10.0. The van der Waals surface area contributed by atoms with Gasteiger partial charge in [-0.2, -0.15) is 0 Å². The van der Waals surface area contributed by atoms with E-state index in [1.165, 1.54) is 0 Å². The average Bonchev–Trinajstić information content (AvgIpc) is 3.63. The Kier molecular flexibility index (Phi) is 2.97. The summed E-state index contributed by atoms with van der Waals surface area (Å²) in [6.07, 6.45) is 0. The molecule has 5 aromatic carbocycles. The Bertz CT molecular complexity index is 2150. The smallest absolute Gasteiger partial charge is 0.160 e. The van der Waals surface area contributed by atoms with Crippen molar-refractivity contribution in [2.24, 2.45) is 0 Å². The zero-order valence-corrected chi connectivity index (χ0v) is 18.8. The molecule has 0 unspecified atom stereocenters. The van der Waals surface area contributed by atoms with Crippen LogP contribution >= 0.6 is 0 Å². The Morgan fingerprint density at radius 1 is 0.514 bits per heavy atom. The first kappa shape index (κ1) is 17.7. The summed E-state index contributed by atoms with van der Waals surface area (Å²) in [5.74, 6) is 0.841. The quantitative estimate of drug-likeness (QED) is 0.251. The number of fused-ring (bicyclic) bond motifs is 14. The monoisotopic (exact) mass is 451 g/mol. The molecular weight excluding hydrogens is 434 g/mol. The summed E-state index contributed by atoms with van der Waals surface area (Å²) in [6, 6.07) is 29.5. The number of ether oxygens (including phenoxy) is 1. The fourth-order valence-electron chi connectivity index (χ4n) is 6.14. The van der Waals surface area contributed by atoms with Crippen LogP contribution in [0.2, 0.25) is 0 Å². The van der Waals surface area contributed by atoms with Crippen LogP contribution in [0.3, 0.4) is 0 Å². The molecule has 35 heavy (non-hydrogen) atoms. The Labute approximate surface area is 197 Å². The summed E-state index contributed by atoms with van der Waals surface area (Å²) in [5, 5.41) is 9.07. The van der Waals surface area contributed by atoms with Gasteiger partial charge in [-0.05, 0) is 36.4 Å². The molecule has 4 nitrogen and oxygen atoms in total. The highest BCUT2D eigenvalue weighted by atomic mass is 16.5. The first-order chi connectivity index (χ1) is 17.3. The Balaban J connectivity index is 1.65. The van der Waals surface area contributed by atoms with E-state index in [1.807, 2.05) is 24.3 Å². The molecule has 0 saturated carbocycles. The molecule has 0 atom stereocenters. The van der Waals surface area contributed by atoms with E-state index in [9.17, 15) is 0 Å². The van der Waals surface area contributed by atoms with Crippen molar-refractivity contribution in [3.05, 3.63) is 84.9 Å². The van der Waals surface area contributed by atoms with Crippen molar-refractivity contribution in [2.45, 2.75) is 0 Å². The molecule has 9 aromatic rings. The number of methoxy groups -OCH3 is 1. The highest BCUT2D eigenvalue weighted by molar-refractivity contribution is 6.31. The van der Waals surface area contributed by atoms with Crippen LogP contribution in [0.15, 0.2) is 93.8 Å². The summed E-state index contributed by atoms with van der Waals surface area (Å²) in [6.45, 7) is 0. The second kappa shape index (κ2) is 5.86. The van der Waals surface area contributed by atoms with Crippen LogP contribution < -0.4 is 4.74 Å². The third-order valence-electron chi connectivity index (χ3n) is 7.61. The van der Waals surface area contributed by atoms with E-state index < -0.39 is 0 Å². The van der Waals surface area contributed by atoms with Crippen molar-refractivity contribution in [3.63, 3.8) is 0 Å². The van der Waals surface area contributed by atoms with E-state index in [1.54, 1.807) is 7.11 Å². The van der Waals surface area contributed by atoms with Gasteiger partial charge in [-0.3, -0.25) is 0 Å². The SMILES string of the molecule is COc1cc2c3ccc4c5ccccc5oc4c3n3c2c(c1)c1ccc2c4ccccc4oc2c13. The van der Waals surface area contributed by atoms with Crippen LogP contribution in [0, 0.1) is 0 Å². The van der Waals surface area contributed by atoms with Crippen molar-refractivity contribution in [1.82, 2.24) is 4.40 Å². The van der Waals surface area contributed by atoms with Gasteiger partial charge in [0.25, 0.3) is 0 Å². The molecule has 164 valence electrons. The zero-order valence-electron chi connectivity index (χ0n) is 18.8. The molecule has 4 heterocycles. The van der Waals surface area contributed by atoms with Gasteiger partial charge in [0.05, 0.1) is 23.7 Å². The third kappa shape index (κ3) is 1.97. The molecule has 0 spiro atoms. The average molecular weight is 451 g/mol. The largest absolute Gasteiger partial charge is 0.497 e. The molecular formula is C31H17NO3. The molecule has 0 bridgehead atoms.